The molecule has 0 fully saturated rings. The van der Waals surface area contributed by atoms with E-state index in [2.05, 4.69) is 6.58 Å². The van der Waals surface area contributed by atoms with Gasteiger partial charge in [0.05, 0.1) is 0 Å². The molecule has 1 heterocycles. The van der Waals surface area contributed by atoms with Crippen LogP contribution in [0, 0.1) is 0 Å². The van der Waals surface area contributed by atoms with Gasteiger partial charge in [0, 0.05) is 6.92 Å². The molecule has 3 nitrogen and oxygen atoms in total. The quantitative estimate of drug-likeness (QED) is 0.707. The van der Waals surface area contributed by atoms with Crippen molar-refractivity contribution in [2.24, 2.45) is 0 Å². The van der Waals surface area contributed by atoms with Crippen molar-refractivity contribution in [3.63, 3.8) is 0 Å². The van der Waals surface area contributed by atoms with Crippen LogP contribution in [0.15, 0.2) is 30.9 Å². The van der Waals surface area contributed by atoms with Crippen LogP contribution in [0.25, 0.3) is 0 Å². The first-order valence-electron chi connectivity index (χ1n) is 4.78. The maximum absolute atomic E-state index is 11.1. The van der Waals surface area contributed by atoms with E-state index in [4.69, 9.17) is 9.47 Å². The molecule has 3 heteroatoms. The summed E-state index contributed by atoms with van der Waals surface area (Å²) < 4.78 is 10.7. The molecular weight excluding hydrogens is 192 g/mol. The van der Waals surface area contributed by atoms with Gasteiger partial charge < -0.3 is 9.47 Å². The highest BCUT2D eigenvalue weighted by Crippen LogP contribution is 2.35. The van der Waals surface area contributed by atoms with E-state index in [0.29, 0.717) is 11.5 Å². The highest BCUT2D eigenvalue weighted by molar-refractivity contribution is 5.80. The number of allylic oxidation sites excluding steroid dienone is 1. The van der Waals surface area contributed by atoms with Gasteiger partial charge in [0.25, 0.3) is 0 Å². The van der Waals surface area contributed by atoms with Crippen molar-refractivity contribution in [1.29, 1.82) is 0 Å². The van der Waals surface area contributed by atoms with Crippen molar-refractivity contribution in [2.75, 3.05) is 0 Å². The molecule has 15 heavy (non-hydrogen) atoms. The first-order chi connectivity index (χ1) is 7.20. The summed E-state index contributed by atoms with van der Waals surface area (Å²) >= 11 is 0. The number of carbonyl (C=O) groups excluding carboxylic acids is 1. The number of ether oxygens (including phenoxy) is 2. The van der Waals surface area contributed by atoms with E-state index < -0.39 is 6.29 Å². The Morgan fingerprint density at radius 1 is 1.47 bits per heavy atom. The van der Waals surface area contributed by atoms with Gasteiger partial charge in [0.15, 0.2) is 11.5 Å². The highest BCUT2D eigenvalue weighted by atomic mass is 16.7. The Balaban J connectivity index is 2.23. The van der Waals surface area contributed by atoms with Crippen molar-refractivity contribution in [3.05, 3.63) is 36.4 Å². The van der Waals surface area contributed by atoms with Crippen molar-refractivity contribution in [3.8, 4) is 11.5 Å². The third kappa shape index (κ3) is 1.86. The third-order valence-corrected chi connectivity index (χ3v) is 2.19. The molecule has 0 aromatic heterocycles. The van der Waals surface area contributed by atoms with Crippen LogP contribution in [0.2, 0.25) is 0 Å². The van der Waals surface area contributed by atoms with Gasteiger partial charge >= 0.3 is 6.29 Å². The third-order valence-electron chi connectivity index (χ3n) is 2.19. The summed E-state index contributed by atoms with van der Waals surface area (Å²) in [5.74, 6) is 1.13. The van der Waals surface area contributed by atoms with Crippen LogP contribution < -0.4 is 9.47 Å². The van der Waals surface area contributed by atoms with Crippen molar-refractivity contribution in [1.82, 2.24) is 0 Å². The predicted octanol–water partition coefficient (Wildman–Crippen LogP) is 2.10. The molecule has 0 aliphatic carbocycles. The number of carbonyl (C=O) groups is 1. The van der Waals surface area contributed by atoms with Crippen LogP contribution in [-0.4, -0.2) is 12.1 Å². The number of ketones is 1. The van der Waals surface area contributed by atoms with E-state index in [9.17, 15) is 4.79 Å². The molecule has 1 aliphatic rings. The minimum atomic E-state index is -0.779. The Labute approximate surface area is 88.3 Å². The summed E-state index contributed by atoms with van der Waals surface area (Å²) in [5.41, 5.74) is 1.09. The molecule has 78 valence electrons. The average molecular weight is 204 g/mol. The Morgan fingerprint density at radius 3 is 2.87 bits per heavy atom. The molecular formula is C12H12O3. The van der Waals surface area contributed by atoms with Gasteiger partial charge in [-0.1, -0.05) is 12.1 Å². The Kier molecular flexibility index (Phi) is 2.46. The number of hydrogen-bond acceptors (Lipinski definition) is 3. The van der Waals surface area contributed by atoms with Crippen LogP contribution in [0.5, 0.6) is 11.5 Å². The van der Waals surface area contributed by atoms with Crippen molar-refractivity contribution < 1.29 is 14.3 Å². The van der Waals surface area contributed by atoms with E-state index in [1.54, 1.807) is 0 Å². The molecule has 1 aliphatic heterocycles. The zero-order valence-corrected chi connectivity index (χ0v) is 8.53. The molecule has 1 aromatic rings. The van der Waals surface area contributed by atoms with Gasteiger partial charge in [-0.2, -0.15) is 0 Å². The lowest BCUT2D eigenvalue weighted by molar-refractivity contribution is -0.132. The molecule has 0 saturated heterocycles. The minimum absolute atomic E-state index is 0.128. The molecule has 0 amide bonds. The maximum atomic E-state index is 11.1. The zero-order chi connectivity index (χ0) is 10.8. The predicted molar refractivity (Wildman–Crippen MR) is 56.1 cm³/mol. The molecule has 1 unspecified atom stereocenters. The second-order valence-corrected chi connectivity index (χ2v) is 3.45. The summed E-state index contributed by atoms with van der Waals surface area (Å²) in [7, 11) is 0. The molecule has 0 spiro atoms. The molecule has 2 rings (SSSR count). The molecule has 0 radical (unpaired) electrons. The summed E-state index contributed by atoms with van der Waals surface area (Å²) in [4.78, 5) is 11.1. The SMILES string of the molecule is C=CCc1ccc2c(c1)OC(C(C)=O)O2. The van der Waals surface area contributed by atoms with Crippen molar-refractivity contribution in [2.45, 2.75) is 19.6 Å². The monoisotopic (exact) mass is 204 g/mol. The smallest absolute Gasteiger partial charge is 0.300 e. The molecule has 0 N–H and O–H groups in total. The van der Waals surface area contributed by atoms with E-state index >= 15 is 0 Å². The van der Waals surface area contributed by atoms with Gasteiger partial charge in [0.1, 0.15) is 0 Å². The average Bonchev–Trinajstić information content (AvgIpc) is 2.61. The summed E-state index contributed by atoms with van der Waals surface area (Å²) in [6.07, 6.45) is 1.82. The normalized spacial score (nSPS) is 17.5. The second-order valence-electron chi connectivity index (χ2n) is 3.45. The van der Waals surface area contributed by atoms with E-state index in [1.165, 1.54) is 6.92 Å². The summed E-state index contributed by atoms with van der Waals surface area (Å²) in [5, 5.41) is 0. The Morgan fingerprint density at radius 2 is 2.20 bits per heavy atom. The number of fused-ring (bicyclic) bond motifs is 1. The van der Waals surface area contributed by atoms with Crippen LogP contribution in [0.4, 0.5) is 0 Å². The van der Waals surface area contributed by atoms with Crippen LogP contribution in [0.1, 0.15) is 12.5 Å². The van der Waals surface area contributed by atoms with E-state index in [-0.39, 0.29) is 5.78 Å². The van der Waals surface area contributed by atoms with Crippen molar-refractivity contribution >= 4 is 5.78 Å². The fraction of sp³-hybridized carbons (Fsp3) is 0.250. The van der Waals surface area contributed by atoms with Gasteiger partial charge in [-0.15, -0.1) is 6.58 Å². The largest absolute Gasteiger partial charge is 0.444 e. The Hall–Kier alpha value is -1.77. The Bertz CT molecular complexity index is 409. The molecule has 0 saturated carbocycles. The fourth-order valence-electron chi connectivity index (χ4n) is 1.46. The highest BCUT2D eigenvalue weighted by Gasteiger charge is 2.27. The zero-order valence-electron chi connectivity index (χ0n) is 8.53. The van der Waals surface area contributed by atoms with Gasteiger partial charge in [-0.25, -0.2) is 0 Å². The fourth-order valence-corrected chi connectivity index (χ4v) is 1.46. The van der Waals surface area contributed by atoms with Gasteiger partial charge in [0.2, 0.25) is 5.78 Å². The van der Waals surface area contributed by atoms with Gasteiger partial charge in [-0.3, -0.25) is 4.79 Å². The maximum Gasteiger partial charge on any atom is 0.300 e. The van der Waals surface area contributed by atoms with Crippen LogP contribution >= 0.6 is 0 Å². The second kappa shape index (κ2) is 3.77. The lowest BCUT2D eigenvalue weighted by atomic mass is 10.1. The standard InChI is InChI=1S/C12H12O3/c1-3-4-9-5-6-10-11(7-9)15-12(14-10)8(2)13/h3,5-7,12H,1,4H2,2H3. The van der Waals surface area contributed by atoms with Gasteiger partial charge in [-0.05, 0) is 24.1 Å². The molecule has 0 bridgehead atoms. The lowest BCUT2D eigenvalue weighted by Crippen LogP contribution is -2.26. The number of hydrogen-bond donors (Lipinski definition) is 0. The first-order valence-corrected chi connectivity index (χ1v) is 4.78. The molecule has 1 aromatic carbocycles. The summed E-state index contributed by atoms with van der Waals surface area (Å²) in [6, 6.07) is 5.63. The molecule has 1 atom stereocenters. The summed E-state index contributed by atoms with van der Waals surface area (Å²) in [6.45, 7) is 5.11. The number of benzene rings is 1. The topological polar surface area (TPSA) is 35.5 Å². The van der Waals surface area contributed by atoms with Crippen LogP contribution in [-0.2, 0) is 11.2 Å². The number of rotatable bonds is 3. The lowest BCUT2D eigenvalue weighted by Gasteiger charge is -2.03. The van der Waals surface area contributed by atoms with Crippen LogP contribution in [0.3, 0.4) is 0 Å². The van der Waals surface area contributed by atoms with E-state index in [0.717, 1.165) is 12.0 Å². The first kappa shape index (κ1) is 9.77. The number of Topliss-reactive ketones (excluding diaryl/α,β-unsaturated/α-hetero) is 1. The minimum Gasteiger partial charge on any atom is -0.444 e. The van der Waals surface area contributed by atoms with E-state index in [1.807, 2.05) is 24.3 Å².